The minimum absolute atomic E-state index is 0. The van der Waals surface area contributed by atoms with E-state index in [1.54, 1.807) is 0 Å². The lowest BCUT2D eigenvalue weighted by molar-refractivity contribution is 0.147. The van der Waals surface area contributed by atoms with E-state index < -0.39 is 0 Å². The van der Waals surface area contributed by atoms with Gasteiger partial charge in [-0.1, -0.05) is 32.6 Å². The smallest absolute Gasteiger partial charge is 0.191 e. The summed E-state index contributed by atoms with van der Waals surface area (Å²) in [5, 5.41) is 15.7. The van der Waals surface area contributed by atoms with Crippen LogP contribution >= 0.6 is 24.0 Å². The van der Waals surface area contributed by atoms with Crippen LogP contribution in [-0.2, 0) is 13.6 Å². The fourth-order valence-electron chi connectivity index (χ4n) is 4.47. The van der Waals surface area contributed by atoms with Crippen molar-refractivity contribution >= 4 is 29.9 Å². The number of piperidine rings is 1. The molecule has 0 bridgehead atoms. The zero-order chi connectivity index (χ0) is 19.8. The molecule has 2 aliphatic rings. The molecule has 29 heavy (non-hydrogen) atoms. The van der Waals surface area contributed by atoms with E-state index in [9.17, 15) is 0 Å². The average Bonchev–Trinajstić information content (AvgIpc) is 3.05. The van der Waals surface area contributed by atoms with Gasteiger partial charge in [0.2, 0.25) is 0 Å². The first-order chi connectivity index (χ1) is 13.7. The van der Waals surface area contributed by atoms with Gasteiger partial charge in [-0.15, -0.1) is 34.2 Å². The summed E-state index contributed by atoms with van der Waals surface area (Å²) in [6.07, 6.45) is 11.8. The molecule has 1 saturated carbocycles. The van der Waals surface area contributed by atoms with Crippen molar-refractivity contribution in [2.45, 2.75) is 90.3 Å². The predicted octanol–water partition coefficient (Wildman–Crippen LogP) is 3.37. The van der Waals surface area contributed by atoms with Crippen LogP contribution in [0.4, 0.5) is 0 Å². The first kappa shape index (κ1) is 24.4. The molecule has 0 radical (unpaired) electrons. The van der Waals surface area contributed by atoms with Crippen LogP contribution in [0.15, 0.2) is 4.99 Å². The molecule has 1 aliphatic carbocycles. The van der Waals surface area contributed by atoms with Crippen molar-refractivity contribution in [3.63, 3.8) is 0 Å². The molecule has 1 aromatic heterocycles. The third-order valence-corrected chi connectivity index (χ3v) is 6.42. The standard InChI is InChI=1S/C21H39N7.HI/c1-4-19-12-8-9-14-28(19)15-13-22-21(24-18-10-6-5-7-11-18)23-16-20-26-25-17(2)27(20)3;/h18-19H,4-16H2,1-3H3,(H2,22,23,24);1H. The largest absolute Gasteiger partial charge is 0.355 e. The van der Waals surface area contributed by atoms with Crippen LogP contribution in [0.5, 0.6) is 0 Å². The van der Waals surface area contributed by atoms with Gasteiger partial charge in [0, 0.05) is 32.2 Å². The molecule has 8 heteroatoms. The molecule has 0 amide bonds. The number of aromatic nitrogens is 3. The Morgan fingerprint density at radius 3 is 2.55 bits per heavy atom. The van der Waals surface area contributed by atoms with E-state index in [-0.39, 0.29) is 24.0 Å². The van der Waals surface area contributed by atoms with E-state index in [0.717, 1.165) is 36.7 Å². The van der Waals surface area contributed by atoms with Crippen molar-refractivity contribution in [1.82, 2.24) is 30.3 Å². The number of rotatable bonds is 7. The summed E-state index contributed by atoms with van der Waals surface area (Å²) in [6.45, 7) is 8.11. The van der Waals surface area contributed by atoms with Crippen LogP contribution in [0.2, 0.25) is 0 Å². The first-order valence-corrected chi connectivity index (χ1v) is 11.3. The lowest BCUT2D eigenvalue weighted by Crippen LogP contribution is -2.48. The van der Waals surface area contributed by atoms with Crippen LogP contribution in [0.25, 0.3) is 0 Å². The Kier molecular flexibility index (Phi) is 10.7. The number of hydrogen-bond donors (Lipinski definition) is 2. The molecule has 2 fully saturated rings. The Morgan fingerprint density at radius 2 is 1.86 bits per heavy atom. The van der Waals surface area contributed by atoms with Crippen LogP contribution in [0.3, 0.4) is 0 Å². The second-order valence-corrected chi connectivity index (χ2v) is 8.39. The molecule has 7 nitrogen and oxygen atoms in total. The minimum atomic E-state index is 0. The molecule has 0 spiro atoms. The molecule has 1 aliphatic heterocycles. The van der Waals surface area contributed by atoms with Gasteiger partial charge in [0.1, 0.15) is 12.4 Å². The third-order valence-electron chi connectivity index (χ3n) is 6.42. The zero-order valence-electron chi connectivity index (χ0n) is 18.5. The SMILES string of the molecule is CCC1CCCCN1CCNC(=NCc1nnc(C)n1C)NC1CCCCC1.I. The molecule has 1 saturated heterocycles. The number of aliphatic imine (C=N–C) groups is 1. The number of likely N-dealkylation sites (tertiary alicyclic amines) is 1. The highest BCUT2D eigenvalue weighted by molar-refractivity contribution is 14.0. The monoisotopic (exact) mass is 517 g/mol. The van der Waals surface area contributed by atoms with Gasteiger partial charge in [0.15, 0.2) is 11.8 Å². The Balaban J connectivity index is 0.00000300. The van der Waals surface area contributed by atoms with Gasteiger partial charge in [0.25, 0.3) is 0 Å². The van der Waals surface area contributed by atoms with E-state index in [4.69, 9.17) is 4.99 Å². The second kappa shape index (κ2) is 12.7. The number of halogens is 1. The summed E-state index contributed by atoms with van der Waals surface area (Å²) in [6, 6.07) is 1.29. The fourth-order valence-corrected chi connectivity index (χ4v) is 4.47. The highest BCUT2D eigenvalue weighted by Crippen LogP contribution is 2.19. The quantitative estimate of drug-likeness (QED) is 0.330. The highest BCUT2D eigenvalue weighted by Gasteiger charge is 2.20. The van der Waals surface area contributed by atoms with Crippen LogP contribution in [-0.4, -0.2) is 57.3 Å². The fraction of sp³-hybridized carbons (Fsp3) is 0.857. The molecule has 2 N–H and O–H groups in total. The van der Waals surface area contributed by atoms with Crippen molar-refractivity contribution in [2.75, 3.05) is 19.6 Å². The maximum atomic E-state index is 4.84. The highest BCUT2D eigenvalue weighted by atomic mass is 127. The van der Waals surface area contributed by atoms with Crippen LogP contribution in [0.1, 0.15) is 76.4 Å². The van der Waals surface area contributed by atoms with Gasteiger partial charge >= 0.3 is 0 Å². The number of hydrogen-bond acceptors (Lipinski definition) is 4. The summed E-state index contributed by atoms with van der Waals surface area (Å²) < 4.78 is 2.02. The Labute approximate surface area is 193 Å². The molecule has 1 atom stereocenters. The predicted molar refractivity (Wildman–Crippen MR) is 130 cm³/mol. The molecule has 1 unspecified atom stereocenters. The molecular weight excluding hydrogens is 477 g/mol. The van der Waals surface area contributed by atoms with E-state index in [1.165, 1.54) is 64.3 Å². The van der Waals surface area contributed by atoms with Crippen LogP contribution < -0.4 is 10.6 Å². The summed E-state index contributed by atoms with van der Waals surface area (Å²) in [5.41, 5.74) is 0. The molecular formula is C21H40IN7. The normalized spacial score (nSPS) is 21.6. The summed E-state index contributed by atoms with van der Waals surface area (Å²) >= 11 is 0. The molecule has 0 aromatic carbocycles. The zero-order valence-corrected chi connectivity index (χ0v) is 20.8. The second-order valence-electron chi connectivity index (χ2n) is 8.39. The lowest BCUT2D eigenvalue weighted by Gasteiger charge is -2.35. The minimum Gasteiger partial charge on any atom is -0.355 e. The van der Waals surface area contributed by atoms with Crippen molar-refractivity contribution < 1.29 is 0 Å². The van der Waals surface area contributed by atoms with Crippen LogP contribution in [0, 0.1) is 6.92 Å². The van der Waals surface area contributed by atoms with Gasteiger partial charge in [0.05, 0.1) is 0 Å². The topological polar surface area (TPSA) is 70.4 Å². The molecule has 3 rings (SSSR count). The van der Waals surface area contributed by atoms with E-state index in [1.807, 2.05) is 18.5 Å². The number of nitrogens with one attached hydrogen (secondary N) is 2. The first-order valence-electron chi connectivity index (χ1n) is 11.3. The van der Waals surface area contributed by atoms with Gasteiger partial charge < -0.3 is 15.2 Å². The Hall–Kier alpha value is -0.900. The number of guanidine groups is 1. The van der Waals surface area contributed by atoms with Crippen molar-refractivity contribution in [3.8, 4) is 0 Å². The molecule has 166 valence electrons. The van der Waals surface area contributed by atoms with Gasteiger partial charge in [-0.25, -0.2) is 4.99 Å². The van der Waals surface area contributed by atoms with Crippen molar-refractivity contribution in [2.24, 2.45) is 12.0 Å². The molecule has 2 heterocycles. The number of nitrogens with zero attached hydrogens (tertiary/aromatic N) is 5. The van der Waals surface area contributed by atoms with Gasteiger partial charge in [-0.2, -0.15) is 0 Å². The lowest BCUT2D eigenvalue weighted by atomic mass is 9.96. The Bertz CT molecular complexity index is 625. The van der Waals surface area contributed by atoms with Gasteiger partial charge in [-0.3, -0.25) is 4.90 Å². The summed E-state index contributed by atoms with van der Waals surface area (Å²) in [5.74, 6) is 2.76. The molecule has 1 aromatic rings. The van der Waals surface area contributed by atoms with Crippen molar-refractivity contribution in [1.29, 1.82) is 0 Å². The van der Waals surface area contributed by atoms with E-state index >= 15 is 0 Å². The number of aryl methyl sites for hydroxylation is 1. The third kappa shape index (κ3) is 7.38. The van der Waals surface area contributed by atoms with Crippen molar-refractivity contribution in [3.05, 3.63) is 11.6 Å². The maximum absolute atomic E-state index is 4.84. The Morgan fingerprint density at radius 1 is 1.10 bits per heavy atom. The van der Waals surface area contributed by atoms with E-state index in [2.05, 4.69) is 32.7 Å². The summed E-state index contributed by atoms with van der Waals surface area (Å²) in [4.78, 5) is 7.49. The van der Waals surface area contributed by atoms with Gasteiger partial charge in [-0.05, 0) is 45.6 Å². The average molecular weight is 518 g/mol. The summed E-state index contributed by atoms with van der Waals surface area (Å²) in [7, 11) is 2.00. The van der Waals surface area contributed by atoms with E-state index in [0.29, 0.717) is 12.6 Å². The maximum Gasteiger partial charge on any atom is 0.191 e.